The monoisotopic (exact) mass is 517 g/mol. The Balaban J connectivity index is 1.81. The van der Waals surface area contributed by atoms with Crippen molar-refractivity contribution in [2.24, 2.45) is 11.7 Å². The fourth-order valence-electron chi connectivity index (χ4n) is 3.75. The van der Waals surface area contributed by atoms with Gasteiger partial charge in [-0.25, -0.2) is 18.2 Å². The topological polar surface area (TPSA) is 128 Å². The molecule has 0 saturated carbocycles. The zero-order chi connectivity index (χ0) is 25.8. The zero-order valence-corrected chi connectivity index (χ0v) is 22.0. The maximum Gasteiger partial charge on any atom is 0.342 e. The van der Waals surface area contributed by atoms with Crippen LogP contribution in [-0.4, -0.2) is 37.3 Å². The highest BCUT2D eigenvalue weighted by Crippen LogP contribution is 2.32. The molecule has 3 rings (SSSR count). The Labute approximate surface area is 209 Å². The summed E-state index contributed by atoms with van der Waals surface area (Å²) in [6, 6.07) is 11.4. The zero-order valence-electron chi connectivity index (χ0n) is 20.3. The van der Waals surface area contributed by atoms with Crippen LogP contribution < -0.4 is 11.1 Å². The van der Waals surface area contributed by atoms with Crippen LogP contribution >= 0.6 is 11.3 Å². The number of esters is 1. The first kappa shape index (κ1) is 26.8. The minimum Gasteiger partial charge on any atom is -0.467 e. The number of hydrogen-bond acceptors (Lipinski definition) is 8. The third kappa shape index (κ3) is 5.24. The van der Waals surface area contributed by atoms with E-state index in [1.165, 1.54) is 41.2 Å². The first-order valence-corrected chi connectivity index (χ1v) is 13.8. The molecule has 2 aromatic carbocycles. The summed E-state index contributed by atoms with van der Waals surface area (Å²) in [6.07, 6.45) is 3.59. The van der Waals surface area contributed by atoms with Gasteiger partial charge in [0, 0.05) is 5.56 Å². The molecule has 188 valence electrons. The number of carbonyl (C=O) groups excluding carboxylic acids is 2. The van der Waals surface area contributed by atoms with Crippen LogP contribution in [0.25, 0.3) is 10.2 Å². The number of aryl methyl sites for hydroxylation is 1. The van der Waals surface area contributed by atoms with Gasteiger partial charge in [0.25, 0.3) is 5.91 Å². The normalized spacial score (nSPS) is 14.3. The Hall–Kier alpha value is -2.82. The number of methoxy groups -OCH3 is 1. The van der Waals surface area contributed by atoms with E-state index in [0.717, 1.165) is 36.6 Å². The second-order valence-electron chi connectivity index (χ2n) is 8.50. The van der Waals surface area contributed by atoms with Gasteiger partial charge < -0.3 is 10.5 Å². The number of aromatic nitrogens is 1. The Kier molecular flexibility index (Phi) is 8.30. The third-order valence-corrected chi connectivity index (χ3v) is 9.50. The second kappa shape index (κ2) is 10.8. The van der Waals surface area contributed by atoms with Crippen molar-refractivity contribution in [1.82, 2.24) is 4.98 Å². The molecule has 8 nitrogen and oxygen atoms in total. The number of nitrogens with one attached hydrogen (secondary N) is 1. The maximum atomic E-state index is 13.3. The number of thiazole rings is 1. The molecule has 0 fully saturated rings. The van der Waals surface area contributed by atoms with E-state index in [0.29, 0.717) is 11.6 Å². The Morgan fingerprint density at radius 2 is 1.86 bits per heavy atom. The smallest absolute Gasteiger partial charge is 0.342 e. The number of anilines is 1. The number of ether oxygens (including phenoxy) is 1. The Morgan fingerprint density at radius 1 is 1.17 bits per heavy atom. The van der Waals surface area contributed by atoms with Crippen LogP contribution in [0.2, 0.25) is 0 Å². The van der Waals surface area contributed by atoms with Crippen molar-refractivity contribution >= 4 is 48.4 Å². The molecule has 1 amide bonds. The van der Waals surface area contributed by atoms with E-state index < -0.39 is 32.5 Å². The second-order valence-corrected chi connectivity index (χ2v) is 11.7. The van der Waals surface area contributed by atoms with E-state index in [1.54, 1.807) is 13.8 Å². The SMILES string of the molecule is CCCCc1ccc2nc(NC(=O)c3ccc(S(=O)(=O)[C@@](N)(C(=O)OC)C(C)CC)cc3)sc2c1. The predicted octanol–water partition coefficient (Wildman–Crippen LogP) is 4.54. The van der Waals surface area contributed by atoms with E-state index in [9.17, 15) is 18.0 Å². The van der Waals surface area contributed by atoms with Crippen molar-refractivity contribution in [3.8, 4) is 0 Å². The molecule has 0 aliphatic rings. The molecule has 3 N–H and O–H groups in total. The number of nitrogens with two attached hydrogens (primary N) is 1. The molecule has 0 aliphatic heterocycles. The van der Waals surface area contributed by atoms with Crippen LogP contribution in [0, 0.1) is 5.92 Å². The van der Waals surface area contributed by atoms with E-state index >= 15 is 0 Å². The summed E-state index contributed by atoms with van der Waals surface area (Å²) in [6.45, 7) is 5.48. The average molecular weight is 518 g/mol. The predicted molar refractivity (Wildman–Crippen MR) is 138 cm³/mol. The minimum atomic E-state index is -4.29. The van der Waals surface area contributed by atoms with Gasteiger partial charge in [-0.1, -0.05) is 51.0 Å². The largest absolute Gasteiger partial charge is 0.467 e. The van der Waals surface area contributed by atoms with Crippen molar-refractivity contribution in [2.45, 2.75) is 56.2 Å². The summed E-state index contributed by atoms with van der Waals surface area (Å²) < 4.78 is 32.3. The van der Waals surface area contributed by atoms with Gasteiger partial charge in [-0.2, -0.15) is 0 Å². The van der Waals surface area contributed by atoms with Crippen LogP contribution in [-0.2, 0) is 25.8 Å². The van der Waals surface area contributed by atoms with Gasteiger partial charge in [0.15, 0.2) is 5.13 Å². The molecule has 1 heterocycles. The van der Waals surface area contributed by atoms with Gasteiger partial charge in [0.05, 0.1) is 22.2 Å². The summed E-state index contributed by atoms with van der Waals surface area (Å²) in [5.74, 6) is -2.14. The molecular formula is C25H31N3O5S2. The van der Waals surface area contributed by atoms with E-state index in [-0.39, 0.29) is 10.5 Å². The van der Waals surface area contributed by atoms with Gasteiger partial charge in [0.2, 0.25) is 14.7 Å². The molecule has 35 heavy (non-hydrogen) atoms. The van der Waals surface area contributed by atoms with Gasteiger partial charge in [-0.3, -0.25) is 10.1 Å². The number of hydrogen-bond donors (Lipinski definition) is 2. The molecule has 0 bridgehead atoms. The number of benzene rings is 2. The lowest BCUT2D eigenvalue weighted by atomic mass is 9.99. The minimum absolute atomic E-state index is 0.165. The van der Waals surface area contributed by atoms with E-state index in [1.807, 2.05) is 12.1 Å². The van der Waals surface area contributed by atoms with Crippen LogP contribution in [0.3, 0.4) is 0 Å². The molecule has 10 heteroatoms. The number of amides is 1. The molecule has 0 spiro atoms. The highest BCUT2D eigenvalue weighted by atomic mass is 32.2. The molecule has 1 unspecified atom stereocenters. The van der Waals surface area contributed by atoms with Gasteiger partial charge in [-0.05, 0) is 60.7 Å². The summed E-state index contributed by atoms with van der Waals surface area (Å²) in [7, 11) is -3.19. The highest BCUT2D eigenvalue weighted by Gasteiger charge is 2.52. The van der Waals surface area contributed by atoms with Crippen molar-refractivity contribution in [3.05, 3.63) is 53.6 Å². The fraction of sp³-hybridized carbons (Fsp3) is 0.400. The van der Waals surface area contributed by atoms with Crippen LogP contribution in [0.4, 0.5) is 5.13 Å². The van der Waals surface area contributed by atoms with Crippen LogP contribution in [0.5, 0.6) is 0 Å². The van der Waals surface area contributed by atoms with Crippen molar-refractivity contribution < 1.29 is 22.7 Å². The lowest BCUT2D eigenvalue weighted by molar-refractivity contribution is -0.145. The first-order valence-electron chi connectivity index (χ1n) is 11.5. The summed E-state index contributed by atoms with van der Waals surface area (Å²) >= 11 is 1.38. The molecule has 0 radical (unpaired) electrons. The van der Waals surface area contributed by atoms with E-state index in [4.69, 9.17) is 10.5 Å². The van der Waals surface area contributed by atoms with Gasteiger partial charge in [-0.15, -0.1) is 0 Å². The number of rotatable bonds is 10. The Bertz CT molecular complexity index is 1320. The summed E-state index contributed by atoms with van der Waals surface area (Å²) in [5, 5.41) is 3.23. The molecule has 3 aromatic rings. The summed E-state index contributed by atoms with van der Waals surface area (Å²) in [4.78, 5) is 27.2. The average Bonchev–Trinajstić information content (AvgIpc) is 3.27. The number of sulfone groups is 1. The molecule has 2 atom stereocenters. The van der Waals surface area contributed by atoms with Crippen molar-refractivity contribution in [1.29, 1.82) is 0 Å². The highest BCUT2D eigenvalue weighted by molar-refractivity contribution is 7.93. The van der Waals surface area contributed by atoms with Crippen molar-refractivity contribution in [2.75, 3.05) is 12.4 Å². The maximum absolute atomic E-state index is 13.3. The van der Waals surface area contributed by atoms with Crippen LogP contribution in [0.15, 0.2) is 47.4 Å². The summed E-state index contributed by atoms with van der Waals surface area (Å²) in [5.41, 5.74) is 8.43. The number of unbranched alkanes of at least 4 members (excludes halogenated alkanes) is 1. The standard InChI is InChI=1S/C25H31N3O5S2/c1-5-7-8-17-9-14-20-21(15-17)34-24(27-20)28-22(29)18-10-12-19(13-11-18)35(31,32)25(26,16(3)6-2)23(30)33-4/h9-16H,5-8,26H2,1-4H3,(H,27,28,29)/t16?,25-/m1/s1. The fourth-order valence-corrected chi connectivity index (χ4v) is 6.56. The first-order chi connectivity index (χ1) is 16.6. The van der Waals surface area contributed by atoms with Gasteiger partial charge >= 0.3 is 5.97 Å². The van der Waals surface area contributed by atoms with E-state index in [2.05, 4.69) is 23.3 Å². The molecule has 0 saturated heterocycles. The number of fused-ring (bicyclic) bond motifs is 1. The molecular weight excluding hydrogens is 486 g/mol. The number of carbonyl (C=O) groups is 2. The lowest BCUT2D eigenvalue weighted by Gasteiger charge is -2.31. The van der Waals surface area contributed by atoms with Crippen molar-refractivity contribution in [3.63, 3.8) is 0 Å². The third-order valence-electron chi connectivity index (χ3n) is 6.21. The van der Waals surface area contributed by atoms with Crippen LogP contribution in [0.1, 0.15) is 56.0 Å². The molecule has 0 aliphatic carbocycles. The number of nitrogens with zero attached hydrogens (tertiary/aromatic N) is 1. The quantitative estimate of drug-likeness (QED) is 0.378. The lowest BCUT2D eigenvalue weighted by Crippen LogP contribution is -2.59. The Morgan fingerprint density at radius 3 is 2.46 bits per heavy atom. The van der Waals surface area contributed by atoms with Gasteiger partial charge in [0.1, 0.15) is 0 Å². The molecule has 1 aromatic heterocycles.